The van der Waals surface area contributed by atoms with Crippen LogP contribution in [0.5, 0.6) is 5.75 Å². The van der Waals surface area contributed by atoms with Crippen molar-refractivity contribution in [2.24, 2.45) is 5.92 Å². The molecule has 2 aromatic carbocycles. The molecular formula is C30H49N2O7PS. The summed E-state index contributed by atoms with van der Waals surface area (Å²) in [5.41, 5.74) is 0.950. The van der Waals surface area contributed by atoms with Crippen LogP contribution in [-0.2, 0) is 30.1 Å². The zero-order valence-corrected chi connectivity index (χ0v) is 26.9. The minimum absolute atomic E-state index is 0.0231. The molecule has 0 aliphatic rings. The lowest BCUT2D eigenvalue weighted by Gasteiger charge is -2.31. The van der Waals surface area contributed by atoms with Gasteiger partial charge in [-0.2, -0.15) is 4.31 Å². The van der Waals surface area contributed by atoms with Gasteiger partial charge in [0.05, 0.1) is 37.6 Å². The molecule has 0 aromatic heterocycles. The molecule has 0 fully saturated rings. The fourth-order valence-electron chi connectivity index (χ4n) is 4.18. The Morgan fingerprint density at radius 2 is 1.51 bits per heavy atom. The van der Waals surface area contributed by atoms with E-state index in [-0.39, 0.29) is 30.2 Å². The fraction of sp³-hybridized carbons (Fsp3) is 0.600. The third-order valence-corrected chi connectivity index (χ3v) is 10.1. The Labute approximate surface area is 247 Å². The number of nitrogens with one attached hydrogen (secondary N) is 1. The lowest BCUT2D eigenvalue weighted by molar-refractivity contribution is 0.102. The Bertz CT molecular complexity index is 1130. The number of benzene rings is 2. The Morgan fingerprint density at radius 1 is 0.927 bits per heavy atom. The summed E-state index contributed by atoms with van der Waals surface area (Å²) < 4.78 is 58.9. The van der Waals surface area contributed by atoms with Crippen molar-refractivity contribution in [3.05, 3.63) is 60.2 Å². The van der Waals surface area contributed by atoms with Gasteiger partial charge in [-0.05, 0) is 55.0 Å². The summed E-state index contributed by atoms with van der Waals surface area (Å²) in [7, 11) is -5.88. The van der Waals surface area contributed by atoms with E-state index in [1.807, 2.05) is 58.0 Å². The first-order chi connectivity index (χ1) is 19.5. The van der Waals surface area contributed by atoms with Crippen molar-refractivity contribution >= 4 is 17.6 Å². The van der Waals surface area contributed by atoms with Crippen LogP contribution in [0.25, 0.3) is 0 Å². The summed E-state index contributed by atoms with van der Waals surface area (Å²) in [5, 5.41) is 14.7. The Hall–Kier alpha value is -1.78. The van der Waals surface area contributed by atoms with Crippen molar-refractivity contribution in [1.29, 1.82) is 0 Å². The van der Waals surface area contributed by atoms with Crippen LogP contribution in [0.1, 0.15) is 58.9 Å². The number of hydrogen-bond donors (Lipinski definition) is 2. The van der Waals surface area contributed by atoms with E-state index in [9.17, 15) is 18.1 Å². The van der Waals surface area contributed by atoms with Crippen LogP contribution in [-0.4, -0.2) is 69.7 Å². The molecule has 0 aliphatic carbocycles. The van der Waals surface area contributed by atoms with Crippen LogP contribution >= 0.6 is 7.60 Å². The van der Waals surface area contributed by atoms with Crippen LogP contribution in [0.2, 0.25) is 0 Å². The number of hydrogen-bond acceptors (Lipinski definition) is 8. The molecule has 232 valence electrons. The second kappa shape index (κ2) is 18.0. The number of sulfonamides is 1. The van der Waals surface area contributed by atoms with Crippen molar-refractivity contribution in [3.63, 3.8) is 0 Å². The number of methoxy groups -OCH3 is 1. The number of ether oxygens (including phenoxy) is 1. The highest BCUT2D eigenvalue weighted by atomic mass is 32.2. The number of rotatable bonds is 21. The van der Waals surface area contributed by atoms with Gasteiger partial charge in [0.15, 0.2) is 0 Å². The molecule has 0 radical (unpaired) electrons. The molecule has 11 heteroatoms. The molecular weight excluding hydrogens is 563 g/mol. The second-order valence-electron chi connectivity index (χ2n) is 10.6. The van der Waals surface area contributed by atoms with E-state index in [2.05, 4.69) is 5.32 Å². The van der Waals surface area contributed by atoms with Gasteiger partial charge >= 0.3 is 7.60 Å². The first-order valence-corrected chi connectivity index (χ1v) is 17.7. The monoisotopic (exact) mass is 612 g/mol. The highest BCUT2D eigenvalue weighted by molar-refractivity contribution is 7.89. The molecule has 0 bridgehead atoms. The van der Waals surface area contributed by atoms with Gasteiger partial charge in [-0.3, -0.25) is 4.57 Å². The van der Waals surface area contributed by atoms with E-state index in [4.69, 9.17) is 13.8 Å². The predicted octanol–water partition coefficient (Wildman–Crippen LogP) is 5.69. The molecule has 0 aliphatic heterocycles. The minimum Gasteiger partial charge on any atom is -0.497 e. The van der Waals surface area contributed by atoms with Gasteiger partial charge in [0.1, 0.15) is 5.75 Å². The van der Waals surface area contributed by atoms with Crippen LogP contribution in [0, 0.1) is 5.92 Å². The third-order valence-electron chi connectivity index (χ3n) is 6.54. The van der Waals surface area contributed by atoms with E-state index in [1.165, 1.54) is 23.5 Å². The summed E-state index contributed by atoms with van der Waals surface area (Å²) >= 11 is 0. The maximum Gasteiger partial charge on any atom is 0.344 e. The van der Waals surface area contributed by atoms with Crippen LogP contribution in [0.15, 0.2) is 59.5 Å². The lowest BCUT2D eigenvalue weighted by Crippen LogP contribution is -2.49. The molecule has 0 saturated heterocycles. The average Bonchev–Trinajstić information content (AvgIpc) is 2.95. The summed E-state index contributed by atoms with van der Waals surface area (Å²) in [5.74, 6) is 0.577. The third kappa shape index (κ3) is 12.2. The van der Waals surface area contributed by atoms with Gasteiger partial charge in [-0.15, -0.1) is 0 Å². The molecule has 2 atom stereocenters. The number of unbranched alkanes of at least 4 members (excludes halogenated alkanes) is 2. The summed E-state index contributed by atoms with van der Waals surface area (Å²) in [4.78, 5) is 0.122. The predicted molar refractivity (Wildman–Crippen MR) is 164 cm³/mol. The summed E-state index contributed by atoms with van der Waals surface area (Å²) in [6.45, 7) is 8.63. The zero-order valence-electron chi connectivity index (χ0n) is 25.2. The van der Waals surface area contributed by atoms with Gasteiger partial charge in [0, 0.05) is 19.1 Å². The summed E-state index contributed by atoms with van der Waals surface area (Å²) in [6.07, 6.45) is 2.49. The van der Waals surface area contributed by atoms with Crippen molar-refractivity contribution in [3.8, 4) is 5.75 Å². The standard InChI is InChI=1S/C30H49N2O7PS/c1-6-8-19-38-40(34,39-20-9-7-2)24-31-29(21-26-13-11-10-12-14-26)30(33)23-32(22-25(3)4)41(35,36)28-17-15-27(37-5)16-18-28/h10-18,25,29-31,33H,6-9,19-24H2,1-5H3/t29-,30+/m0/s1. The Kier molecular flexibility index (Phi) is 15.6. The van der Waals surface area contributed by atoms with E-state index >= 15 is 0 Å². The molecule has 0 unspecified atom stereocenters. The molecule has 2 N–H and O–H groups in total. The average molecular weight is 613 g/mol. The quantitative estimate of drug-likeness (QED) is 0.137. The van der Waals surface area contributed by atoms with Crippen molar-refractivity contribution in [2.45, 2.75) is 76.8 Å². The van der Waals surface area contributed by atoms with Gasteiger partial charge in [0.25, 0.3) is 0 Å². The maximum absolute atomic E-state index is 13.7. The number of nitrogens with zero attached hydrogens (tertiary/aromatic N) is 1. The Morgan fingerprint density at radius 3 is 2.02 bits per heavy atom. The van der Waals surface area contributed by atoms with Crippen molar-refractivity contribution < 1.29 is 31.9 Å². The van der Waals surface area contributed by atoms with Crippen molar-refractivity contribution in [1.82, 2.24) is 9.62 Å². The molecule has 0 saturated carbocycles. The normalized spacial score (nSPS) is 14.0. The van der Waals surface area contributed by atoms with E-state index < -0.39 is 29.8 Å². The highest BCUT2D eigenvalue weighted by Crippen LogP contribution is 2.47. The van der Waals surface area contributed by atoms with Gasteiger partial charge in [-0.25, -0.2) is 8.42 Å². The lowest BCUT2D eigenvalue weighted by atomic mass is 10.0. The topological polar surface area (TPSA) is 114 Å². The van der Waals surface area contributed by atoms with Crippen LogP contribution in [0.4, 0.5) is 0 Å². The van der Waals surface area contributed by atoms with E-state index in [1.54, 1.807) is 12.1 Å². The van der Waals surface area contributed by atoms with Gasteiger partial charge in [0.2, 0.25) is 10.0 Å². The number of aliphatic hydroxyl groups excluding tert-OH is 1. The SMILES string of the molecule is CCCCOP(=O)(CN[C@@H](Cc1ccccc1)[C@H](O)CN(CC(C)C)S(=O)(=O)c1ccc(OC)cc1)OCCCC. The largest absolute Gasteiger partial charge is 0.497 e. The van der Waals surface area contributed by atoms with Gasteiger partial charge in [-0.1, -0.05) is 70.9 Å². The van der Waals surface area contributed by atoms with E-state index in [0.717, 1.165) is 31.2 Å². The molecule has 2 rings (SSSR count). The zero-order chi connectivity index (χ0) is 30.3. The molecule has 0 spiro atoms. The van der Waals surface area contributed by atoms with Crippen molar-refractivity contribution in [2.75, 3.05) is 39.7 Å². The smallest absolute Gasteiger partial charge is 0.344 e. The molecule has 0 amide bonds. The number of aliphatic hydroxyl groups is 1. The Balaban J connectivity index is 2.30. The highest BCUT2D eigenvalue weighted by Gasteiger charge is 2.33. The molecule has 0 heterocycles. The van der Waals surface area contributed by atoms with Crippen LogP contribution in [0.3, 0.4) is 0 Å². The first-order valence-electron chi connectivity index (χ1n) is 14.5. The molecule has 41 heavy (non-hydrogen) atoms. The summed E-state index contributed by atoms with van der Waals surface area (Å²) in [6, 6.07) is 15.2. The fourth-order valence-corrected chi connectivity index (χ4v) is 7.33. The van der Waals surface area contributed by atoms with Gasteiger partial charge < -0.3 is 24.2 Å². The van der Waals surface area contributed by atoms with Crippen LogP contribution < -0.4 is 10.1 Å². The minimum atomic E-state index is -3.91. The first kappa shape index (κ1) is 35.4. The van der Waals surface area contributed by atoms with E-state index in [0.29, 0.717) is 25.4 Å². The maximum atomic E-state index is 13.7. The second-order valence-corrected chi connectivity index (χ2v) is 14.6. The molecule has 2 aromatic rings. The molecule has 9 nitrogen and oxygen atoms in total.